The summed E-state index contributed by atoms with van der Waals surface area (Å²) in [5.74, 6) is 0. The first kappa shape index (κ1) is 12.1. The van der Waals surface area contributed by atoms with E-state index in [9.17, 15) is 4.57 Å². The SMILES string of the molecule is CP(C)(=O)C[NH3+].O=[N+]([O-])[O-]. The smallest absolute Gasteiger partial charge is 0.134 e. The Morgan fingerprint density at radius 1 is 1.50 bits per heavy atom. The first-order valence-corrected chi connectivity index (χ1v) is 5.23. The van der Waals surface area contributed by atoms with E-state index in [-0.39, 0.29) is 0 Å². The Bertz CT molecular complexity index is 137. The fourth-order valence-corrected chi connectivity index (χ4v) is 0. The molecule has 0 spiro atoms. The zero-order chi connectivity index (χ0) is 8.78. The molecular weight excluding hydrogens is 159 g/mol. The van der Waals surface area contributed by atoms with Crippen molar-refractivity contribution in [3.8, 4) is 0 Å². The minimum atomic E-state index is -1.76. The maximum absolute atomic E-state index is 10.5. The summed E-state index contributed by atoms with van der Waals surface area (Å²) >= 11 is 0. The Morgan fingerprint density at radius 2 is 1.60 bits per heavy atom. The average molecular weight is 170 g/mol. The summed E-state index contributed by atoms with van der Waals surface area (Å²) in [6.07, 6.45) is 0.576. The van der Waals surface area contributed by atoms with E-state index in [2.05, 4.69) is 5.73 Å². The number of nitrogens with zero attached hydrogens (tertiary/aromatic N) is 1. The van der Waals surface area contributed by atoms with Crippen molar-refractivity contribution in [3.05, 3.63) is 15.3 Å². The number of quaternary nitrogens is 1. The van der Waals surface area contributed by atoms with Crippen LogP contribution in [-0.4, -0.2) is 24.7 Å². The molecule has 0 saturated heterocycles. The van der Waals surface area contributed by atoms with Gasteiger partial charge >= 0.3 is 0 Å². The summed E-state index contributed by atoms with van der Waals surface area (Å²) in [5.41, 5.74) is 3.49. The standard InChI is InChI=1S/C3H10NOP.NO3/c1-6(2,5)3-4;2-1(3)4/h3-4H2,1-2H3;/q;-1/p+1. The number of hydrogen-bond acceptors (Lipinski definition) is 4. The summed E-state index contributed by atoms with van der Waals surface area (Å²) in [6, 6.07) is 0. The molecule has 0 saturated carbocycles. The van der Waals surface area contributed by atoms with E-state index >= 15 is 0 Å². The van der Waals surface area contributed by atoms with Crippen molar-refractivity contribution in [1.29, 1.82) is 0 Å². The molecular formula is C3H11N2O4P. The summed E-state index contributed by atoms with van der Waals surface area (Å²) in [6.45, 7) is 3.47. The summed E-state index contributed by atoms with van der Waals surface area (Å²) in [5, 5.41) is 14.8. The van der Waals surface area contributed by atoms with Crippen molar-refractivity contribution in [3.63, 3.8) is 0 Å². The normalized spacial score (nSPS) is 9.50. The molecule has 0 atom stereocenters. The minimum Gasteiger partial charge on any atom is -0.356 e. The highest BCUT2D eigenvalue weighted by Crippen LogP contribution is 2.31. The number of rotatable bonds is 1. The van der Waals surface area contributed by atoms with Crippen molar-refractivity contribution in [2.75, 3.05) is 19.6 Å². The van der Waals surface area contributed by atoms with Crippen molar-refractivity contribution < 1.29 is 15.4 Å². The van der Waals surface area contributed by atoms with Crippen LogP contribution in [-0.2, 0) is 4.57 Å². The van der Waals surface area contributed by atoms with Gasteiger partial charge in [-0.1, -0.05) is 0 Å². The first-order chi connectivity index (χ1) is 4.29. The lowest BCUT2D eigenvalue weighted by Crippen LogP contribution is -2.49. The van der Waals surface area contributed by atoms with Crippen LogP contribution in [0.15, 0.2) is 0 Å². The third-order valence-corrected chi connectivity index (χ3v) is 1.62. The zero-order valence-electron chi connectivity index (χ0n) is 5.94. The third-order valence-electron chi connectivity index (χ3n) is 0.539. The molecule has 0 unspecified atom stereocenters. The molecule has 7 heteroatoms. The highest BCUT2D eigenvalue weighted by Gasteiger charge is 2.02. The molecule has 0 aromatic carbocycles. The fraction of sp³-hybridized carbons (Fsp3) is 1.00. The Morgan fingerprint density at radius 3 is 1.60 bits per heavy atom. The van der Waals surface area contributed by atoms with Crippen LogP contribution >= 0.6 is 7.14 Å². The number of hydrogen-bond donors (Lipinski definition) is 1. The average Bonchev–Trinajstić information content (AvgIpc) is 1.63. The lowest BCUT2D eigenvalue weighted by Gasteiger charge is -1.92. The molecule has 0 aliphatic carbocycles. The Balaban J connectivity index is 0. The van der Waals surface area contributed by atoms with Gasteiger partial charge in [0.25, 0.3) is 0 Å². The molecule has 0 aromatic rings. The van der Waals surface area contributed by atoms with Gasteiger partial charge in [-0.15, -0.1) is 0 Å². The van der Waals surface area contributed by atoms with Crippen LogP contribution in [0.1, 0.15) is 0 Å². The van der Waals surface area contributed by atoms with Gasteiger partial charge in [0.2, 0.25) is 0 Å². The maximum Gasteiger partial charge on any atom is 0.134 e. The van der Waals surface area contributed by atoms with Crippen LogP contribution in [0.3, 0.4) is 0 Å². The van der Waals surface area contributed by atoms with E-state index in [1.807, 2.05) is 0 Å². The molecule has 0 bridgehead atoms. The van der Waals surface area contributed by atoms with E-state index in [1.54, 1.807) is 13.3 Å². The van der Waals surface area contributed by atoms with Crippen molar-refractivity contribution in [2.45, 2.75) is 0 Å². The molecule has 0 amide bonds. The van der Waals surface area contributed by atoms with Gasteiger partial charge in [-0.05, 0) is 13.3 Å². The monoisotopic (exact) mass is 170 g/mol. The van der Waals surface area contributed by atoms with Crippen LogP contribution in [0.5, 0.6) is 0 Å². The van der Waals surface area contributed by atoms with Crippen molar-refractivity contribution >= 4 is 7.14 Å². The van der Waals surface area contributed by atoms with Crippen LogP contribution < -0.4 is 5.73 Å². The van der Waals surface area contributed by atoms with E-state index in [4.69, 9.17) is 15.3 Å². The predicted molar refractivity (Wildman–Crippen MR) is 37.6 cm³/mol. The maximum atomic E-state index is 10.5. The highest BCUT2D eigenvalue weighted by molar-refractivity contribution is 7.62. The molecule has 62 valence electrons. The topological polar surface area (TPSA) is 111 Å². The molecule has 3 N–H and O–H groups in total. The first-order valence-electron chi connectivity index (χ1n) is 2.44. The molecule has 6 nitrogen and oxygen atoms in total. The van der Waals surface area contributed by atoms with Gasteiger partial charge in [0.05, 0.1) is 5.09 Å². The third kappa shape index (κ3) is 52.8. The second kappa shape index (κ2) is 5.20. The lowest BCUT2D eigenvalue weighted by molar-refractivity contribution is -0.402. The molecule has 0 rings (SSSR count). The van der Waals surface area contributed by atoms with Gasteiger partial charge in [-0.2, -0.15) is 0 Å². The lowest BCUT2D eigenvalue weighted by atomic mass is 11.5. The molecule has 0 aliphatic heterocycles. The molecule has 0 aromatic heterocycles. The predicted octanol–water partition coefficient (Wildman–Crippen LogP) is -0.431. The van der Waals surface area contributed by atoms with Gasteiger partial charge in [0.15, 0.2) is 0 Å². The van der Waals surface area contributed by atoms with Crippen LogP contribution in [0.2, 0.25) is 0 Å². The minimum absolute atomic E-state index is 0.576. The van der Waals surface area contributed by atoms with Gasteiger partial charge in [-0.3, -0.25) is 0 Å². The fourth-order valence-electron chi connectivity index (χ4n) is 0. The molecule has 10 heavy (non-hydrogen) atoms. The quantitative estimate of drug-likeness (QED) is 0.327. The summed E-state index contributed by atoms with van der Waals surface area (Å²) < 4.78 is 10.5. The summed E-state index contributed by atoms with van der Waals surface area (Å²) in [4.78, 5) is 8.25. The Hall–Kier alpha value is -0.610. The molecule has 0 radical (unpaired) electrons. The Kier molecular flexibility index (Phi) is 6.29. The van der Waals surface area contributed by atoms with E-state index in [0.29, 0.717) is 6.29 Å². The molecule has 0 heterocycles. The van der Waals surface area contributed by atoms with Gasteiger partial charge in [-0.25, -0.2) is 0 Å². The van der Waals surface area contributed by atoms with Gasteiger partial charge in [0, 0.05) is 0 Å². The van der Waals surface area contributed by atoms with E-state index < -0.39 is 12.2 Å². The highest BCUT2D eigenvalue weighted by atomic mass is 31.2. The molecule has 0 aliphatic rings. The van der Waals surface area contributed by atoms with E-state index in [0.717, 1.165) is 0 Å². The Labute approximate surface area is 58.5 Å². The second-order valence-electron chi connectivity index (χ2n) is 2.02. The van der Waals surface area contributed by atoms with Crippen molar-refractivity contribution in [2.24, 2.45) is 0 Å². The zero-order valence-corrected chi connectivity index (χ0v) is 6.84. The van der Waals surface area contributed by atoms with E-state index in [1.165, 1.54) is 0 Å². The largest absolute Gasteiger partial charge is 0.356 e. The van der Waals surface area contributed by atoms with Crippen LogP contribution in [0.4, 0.5) is 0 Å². The van der Waals surface area contributed by atoms with Crippen molar-refractivity contribution in [1.82, 2.24) is 0 Å². The van der Waals surface area contributed by atoms with Gasteiger partial charge in [0.1, 0.15) is 13.4 Å². The van der Waals surface area contributed by atoms with Crippen LogP contribution in [0, 0.1) is 15.3 Å². The molecule has 0 fully saturated rings. The van der Waals surface area contributed by atoms with Gasteiger partial charge < -0.3 is 25.6 Å². The van der Waals surface area contributed by atoms with Crippen LogP contribution in [0.25, 0.3) is 0 Å². The second-order valence-corrected chi connectivity index (χ2v) is 5.62. The summed E-state index contributed by atoms with van der Waals surface area (Å²) in [7, 11) is -1.76.